The van der Waals surface area contributed by atoms with E-state index < -0.39 is 11.6 Å². The summed E-state index contributed by atoms with van der Waals surface area (Å²) in [6.45, 7) is 6.59. The van der Waals surface area contributed by atoms with E-state index in [9.17, 15) is 8.78 Å². The summed E-state index contributed by atoms with van der Waals surface area (Å²) < 4.78 is 39.3. The fraction of sp³-hybridized carbons (Fsp3) is 0.296. The Morgan fingerprint density at radius 1 is 1.11 bits per heavy atom. The molecule has 8 heteroatoms. The van der Waals surface area contributed by atoms with Gasteiger partial charge in [0.15, 0.2) is 0 Å². The van der Waals surface area contributed by atoms with Crippen molar-refractivity contribution in [3.05, 3.63) is 82.8 Å². The predicted octanol–water partition coefficient (Wildman–Crippen LogP) is 6.15. The summed E-state index contributed by atoms with van der Waals surface area (Å²) in [5.41, 5.74) is 4.01. The number of benzene rings is 2. The van der Waals surface area contributed by atoms with Crippen molar-refractivity contribution in [2.45, 2.75) is 39.2 Å². The van der Waals surface area contributed by atoms with E-state index >= 15 is 0 Å². The Balaban J connectivity index is 1.36. The largest absolute Gasteiger partial charge is 0.486 e. The molecular weight excluding hydrogens is 472 g/mol. The molecule has 35 heavy (non-hydrogen) atoms. The lowest BCUT2D eigenvalue weighted by molar-refractivity contribution is -0.0703. The van der Waals surface area contributed by atoms with Gasteiger partial charge in [-0.3, -0.25) is 4.90 Å². The number of hydrogen-bond acceptors (Lipinski definition) is 4. The van der Waals surface area contributed by atoms with Gasteiger partial charge in [-0.15, -0.1) is 0 Å². The maximum absolute atomic E-state index is 14.1. The molecule has 2 unspecified atom stereocenters. The fourth-order valence-electron chi connectivity index (χ4n) is 4.60. The summed E-state index contributed by atoms with van der Waals surface area (Å²) in [5.74, 6) is -1.01. The third-order valence-electron chi connectivity index (χ3n) is 6.17. The second kappa shape index (κ2) is 9.93. The number of pyridine rings is 1. The number of fused-ring (bicyclic) bond motifs is 1. The molecule has 1 saturated heterocycles. The van der Waals surface area contributed by atoms with E-state index in [4.69, 9.17) is 21.1 Å². The zero-order valence-corrected chi connectivity index (χ0v) is 20.2. The van der Waals surface area contributed by atoms with Crippen molar-refractivity contribution in [2.24, 2.45) is 0 Å². The molecular formula is C27H25ClF2N3O2. The minimum atomic E-state index is -0.695. The standard InChI is InChI=1S/C27H25ClF2N3O2/c1-16-12-33(13-17(2)35-16)14-20-10-32-26-6-3-18(8-22(20)26)19-7-21(11-31-9-19)34-15-23-24(29)4-5-25(30)27(23)28/h3-10,16-17,32H,12-15H2,1-2H3. The quantitative estimate of drug-likeness (QED) is 0.325. The van der Waals surface area contributed by atoms with Gasteiger partial charge < -0.3 is 14.5 Å². The highest BCUT2D eigenvalue weighted by molar-refractivity contribution is 6.31. The topological polar surface area (TPSA) is 50.4 Å². The van der Waals surface area contributed by atoms with Gasteiger partial charge in [0.05, 0.1) is 17.2 Å². The van der Waals surface area contributed by atoms with Crippen LogP contribution < -0.4 is 4.74 Å². The lowest BCUT2D eigenvalue weighted by Gasteiger charge is -2.35. The minimum Gasteiger partial charge on any atom is -0.486 e. The molecule has 181 valence electrons. The van der Waals surface area contributed by atoms with E-state index in [1.54, 1.807) is 12.3 Å². The first kappa shape index (κ1) is 23.7. The van der Waals surface area contributed by atoms with Gasteiger partial charge in [0.25, 0.3) is 0 Å². The zero-order valence-electron chi connectivity index (χ0n) is 19.4. The number of H-pyrrole nitrogens is 1. The van der Waals surface area contributed by atoms with Crippen molar-refractivity contribution >= 4 is 22.5 Å². The predicted molar refractivity (Wildman–Crippen MR) is 131 cm³/mol. The van der Waals surface area contributed by atoms with Crippen molar-refractivity contribution in [3.63, 3.8) is 0 Å². The van der Waals surface area contributed by atoms with Crippen molar-refractivity contribution in [1.82, 2.24) is 14.9 Å². The highest BCUT2D eigenvalue weighted by Gasteiger charge is 2.23. The monoisotopic (exact) mass is 496 g/mol. The first-order valence-electron chi connectivity index (χ1n) is 11.5. The number of aromatic nitrogens is 2. The maximum atomic E-state index is 14.1. The van der Waals surface area contributed by atoms with Crippen LogP contribution in [0.15, 0.2) is 48.8 Å². The summed E-state index contributed by atoms with van der Waals surface area (Å²) in [5, 5.41) is 0.849. The van der Waals surface area contributed by atoms with Gasteiger partial charge in [0.2, 0.25) is 0 Å². The average Bonchev–Trinajstić information content (AvgIpc) is 3.23. The van der Waals surface area contributed by atoms with Crippen molar-refractivity contribution in [3.8, 4) is 16.9 Å². The molecule has 0 spiro atoms. The van der Waals surface area contributed by atoms with E-state index in [1.807, 2.05) is 12.1 Å². The number of halogens is 3. The molecule has 0 amide bonds. The average molecular weight is 497 g/mol. The molecule has 1 aliphatic rings. The Morgan fingerprint density at radius 3 is 2.69 bits per heavy atom. The Hall–Kier alpha value is -3.00. The highest BCUT2D eigenvalue weighted by Crippen LogP contribution is 2.30. The minimum absolute atomic E-state index is 0.0457. The fourth-order valence-corrected chi connectivity index (χ4v) is 4.81. The van der Waals surface area contributed by atoms with Crippen molar-refractivity contribution < 1.29 is 18.3 Å². The number of nitrogens with zero attached hydrogens (tertiary/aromatic N) is 2. The third kappa shape index (κ3) is 5.17. The van der Waals surface area contributed by atoms with Gasteiger partial charge in [-0.1, -0.05) is 17.7 Å². The summed E-state index contributed by atoms with van der Waals surface area (Å²) >= 11 is 5.90. The molecule has 0 saturated carbocycles. The number of morpholine rings is 1. The number of nitrogens with one attached hydrogen (secondary N) is 1. The Bertz CT molecular complexity index is 1350. The summed E-state index contributed by atoms with van der Waals surface area (Å²) in [6, 6.07) is 9.96. The van der Waals surface area contributed by atoms with Crippen molar-refractivity contribution in [1.29, 1.82) is 0 Å². The SMILES string of the molecule is CC1CN(Cc2c[nH]c3ccc(-c4cn[c]c(OCc5c(F)ccc(F)c5Cl)c4)cc23)CC(C)O1. The summed E-state index contributed by atoms with van der Waals surface area (Å²) in [4.78, 5) is 9.93. The molecule has 3 heterocycles. The highest BCUT2D eigenvalue weighted by atomic mass is 35.5. The molecule has 0 aliphatic carbocycles. The number of hydrogen-bond donors (Lipinski definition) is 1. The van der Waals surface area contributed by atoms with Crippen molar-refractivity contribution in [2.75, 3.05) is 13.1 Å². The number of ether oxygens (including phenoxy) is 2. The molecule has 1 fully saturated rings. The van der Waals surface area contributed by atoms with Gasteiger partial charge in [-0.25, -0.2) is 13.8 Å². The molecule has 4 aromatic rings. The van der Waals surface area contributed by atoms with Crippen LogP contribution >= 0.6 is 11.6 Å². The number of aromatic amines is 1. The van der Waals surface area contributed by atoms with Gasteiger partial charge in [0.1, 0.15) is 30.2 Å². The zero-order chi connectivity index (χ0) is 24.5. The van der Waals surface area contributed by atoms with Crippen LogP contribution in [0.25, 0.3) is 22.0 Å². The van der Waals surface area contributed by atoms with Crippen LogP contribution in [-0.2, 0) is 17.9 Å². The van der Waals surface area contributed by atoms with Crippen LogP contribution in [0.5, 0.6) is 5.75 Å². The molecule has 1 aliphatic heterocycles. The molecule has 0 bridgehead atoms. The van der Waals surface area contributed by atoms with E-state index in [1.165, 1.54) is 5.56 Å². The van der Waals surface area contributed by atoms with Crippen LogP contribution in [0.2, 0.25) is 5.02 Å². The second-order valence-electron chi connectivity index (χ2n) is 8.97. The van der Waals surface area contributed by atoms with Gasteiger partial charge in [0, 0.05) is 54.1 Å². The van der Waals surface area contributed by atoms with Crippen LogP contribution in [0.1, 0.15) is 25.0 Å². The Labute approximate surface area is 207 Å². The summed E-state index contributed by atoms with van der Waals surface area (Å²) in [7, 11) is 0. The molecule has 5 rings (SSSR count). The lowest BCUT2D eigenvalue weighted by atomic mass is 10.0. The first-order chi connectivity index (χ1) is 16.9. The molecule has 1 N–H and O–H groups in total. The lowest BCUT2D eigenvalue weighted by Crippen LogP contribution is -2.44. The Morgan fingerprint density at radius 2 is 1.89 bits per heavy atom. The van der Waals surface area contributed by atoms with Crippen LogP contribution in [0.3, 0.4) is 0 Å². The van der Waals surface area contributed by atoms with E-state index in [2.05, 4.69) is 47.2 Å². The third-order valence-corrected chi connectivity index (χ3v) is 6.57. The normalized spacial score (nSPS) is 18.8. The van der Waals surface area contributed by atoms with Gasteiger partial charge in [-0.05, 0) is 55.3 Å². The van der Waals surface area contributed by atoms with E-state index in [-0.39, 0.29) is 29.4 Å². The van der Waals surface area contributed by atoms with Crippen LogP contribution in [0, 0.1) is 17.8 Å². The smallest absolute Gasteiger partial charge is 0.148 e. The number of rotatable bonds is 6. The summed E-state index contributed by atoms with van der Waals surface area (Å²) in [6.07, 6.45) is 6.92. The van der Waals surface area contributed by atoms with Gasteiger partial charge >= 0.3 is 0 Å². The van der Waals surface area contributed by atoms with Crippen LogP contribution in [0.4, 0.5) is 8.78 Å². The van der Waals surface area contributed by atoms with E-state index in [0.717, 1.165) is 53.8 Å². The molecule has 5 nitrogen and oxygen atoms in total. The van der Waals surface area contributed by atoms with E-state index in [0.29, 0.717) is 5.75 Å². The van der Waals surface area contributed by atoms with Crippen LogP contribution in [-0.4, -0.2) is 40.2 Å². The maximum Gasteiger partial charge on any atom is 0.148 e. The molecule has 1 radical (unpaired) electrons. The molecule has 2 aromatic carbocycles. The molecule has 2 atom stereocenters. The Kier molecular flexibility index (Phi) is 6.73. The molecule has 2 aromatic heterocycles. The second-order valence-corrected chi connectivity index (χ2v) is 9.35. The first-order valence-corrected chi connectivity index (χ1v) is 11.9. The van der Waals surface area contributed by atoms with Gasteiger partial charge in [-0.2, -0.15) is 0 Å².